The second-order valence-corrected chi connectivity index (χ2v) is 6.79. The van der Waals surface area contributed by atoms with E-state index in [-0.39, 0.29) is 0 Å². The Morgan fingerprint density at radius 2 is 1.83 bits per heavy atom. The van der Waals surface area contributed by atoms with Crippen molar-refractivity contribution >= 4 is 0 Å². The molecule has 0 amide bonds. The van der Waals surface area contributed by atoms with Gasteiger partial charge in [-0.15, -0.1) is 0 Å². The molecule has 1 saturated carbocycles. The molecular weight excluding hydrogens is 298 g/mol. The second kappa shape index (κ2) is 6.23. The number of aromatic nitrogens is 5. The highest BCUT2D eigenvalue weighted by molar-refractivity contribution is 5.34. The Labute approximate surface area is 142 Å². The minimum absolute atomic E-state index is 0.793. The molecule has 1 aliphatic carbocycles. The smallest absolute Gasteiger partial charge is 0.151 e. The molecule has 1 aliphatic rings. The molecule has 5 heteroatoms. The zero-order valence-corrected chi connectivity index (χ0v) is 14.3. The average Bonchev–Trinajstić information content (AvgIpc) is 3.15. The van der Waals surface area contributed by atoms with Crippen molar-refractivity contribution in [1.29, 1.82) is 0 Å². The lowest BCUT2D eigenvalue weighted by molar-refractivity contribution is 0.716. The molecule has 0 saturated heterocycles. The van der Waals surface area contributed by atoms with Crippen LogP contribution in [0.1, 0.15) is 35.9 Å². The Hall–Kier alpha value is -2.43. The van der Waals surface area contributed by atoms with E-state index < -0.39 is 0 Å². The minimum atomic E-state index is 0.793. The molecule has 2 heterocycles. The van der Waals surface area contributed by atoms with Crippen molar-refractivity contribution in [2.24, 2.45) is 13.0 Å². The van der Waals surface area contributed by atoms with E-state index in [2.05, 4.69) is 40.7 Å². The molecule has 0 radical (unpaired) electrons. The first-order valence-corrected chi connectivity index (χ1v) is 8.67. The minimum Gasteiger partial charge on any atom is -0.338 e. The van der Waals surface area contributed by atoms with E-state index in [1.54, 1.807) is 0 Å². The van der Waals surface area contributed by atoms with Crippen LogP contribution in [0.4, 0.5) is 0 Å². The van der Waals surface area contributed by atoms with Crippen molar-refractivity contribution in [3.63, 3.8) is 0 Å². The van der Waals surface area contributed by atoms with Gasteiger partial charge in [-0.2, -0.15) is 5.10 Å². The van der Waals surface area contributed by atoms with Gasteiger partial charge in [-0.05, 0) is 37.8 Å². The highest BCUT2D eigenvalue weighted by Gasteiger charge is 2.24. The highest BCUT2D eigenvalue weighted by Crippen LogP contribution is 2.32. The van der Waals surface area contributed by atoms with E-state index >= 15 is 0 Å². The van der Waals surface area contributed by atoms with Gasteiger partial charge in [0.05, 0.1) is 5.69 Å². The molecule has 1 fully saturated rings. The average molecular weight is 321 g/mol. The van der Waals surface area contributed by atoms with Gasteiger partial charge in [-0.25, -0.2) is 14.6 Å². The molecule has 24 heavy (non-hydrogen) atoms. The predicted octanol–water partition coefficient (Wildman–Crippen LogP) is 3.05. The van der Waals surface area contributed by atoms with Crippen LogP contribution in [0.5, 0.6) is 0 Å². The van der Waals surface area contributed by atoms with Crippen LogP contribution in [-0.4, -0.2) is 24.3 Å². The van der Waals surface area contributed by atoms with E-state index in [4.69, 9.17) is 10.1 Å². The first-order chi connectivity index (χ1) is 11.7. The fourth-order valence-corrected chi connectivity index (χ4v) is 2.97. The van der Waals surface area contributed by atoms with E-state index in [1.165, 1.54) is 18.4 Å². The zero-order chi connectivity index (χ0) is 16.5. The number of aryl methyl sites for hydroxylation is 4. The molecular formula is C19H23N5. The summed E-state index contributed by atoms with van der Waals surface area (Å²) in [6.45, 7) is 2.10. The van der Waals surface area contributed by atoms with Crippen molar-refractivity contribution in [1.82, 2.24) is 24.3 Å². The SMILES string of the molecule is Cc1ccc(-n2nc(CC3CC3)nc2CCc2nccn2C)cc1. The number of rotatable bonds is 6. The number of nitrogens with zero attached hydrogens (tertiary/aromatic N) is 5. The van der Waals surface area contributed by atoms with Crippen molar-refractivity contribution in [3.05, 3.63) is 59.7 Å². The van der Waals surface area contributed by atoms with Gasteiger partial charge in [-0.3, -0.25) is 0 Å². The van der Waals surface area contributed by atoms with E-state index in [0.717, 1.165) is 48.3 Å². The van der Waals surface area contributed by atoms with Gasteiger partial charge < -0.3 is 4.57 Å². The van der Waals surface area contributed by atoms with Crippen LogP contribution in [0.2, 0.25) is 0 Å². The third-order valence-electron chi connectivity index (χ3n) is 4.66. The van der Waals surface area contributed by atoms with E-state index in [1.807, 2.05) is 24.1 Å². The summed E-state index contributed by atoms with van der Waals surface area (Å²) in [6, 6.07) is 8.49. The first kappa shape index (κ1) is 15.1. The molecule has 0 N–H and O–H groups in total. The maximum Gasteiger partial charge on any atom is 0.151 e. The third kappa shape index (κ3) is 3.25. The van der Waals surface area contributed by atoms with Crippen LogP contribution < -0.4 is 0 Å². The molecule has 0 unspecified atom stereocenters. The molecule has 0 aliphatic heterocycles. The Kier molecular flexibility index (Phi) is 3.92. The number of imidazole rings is 1. The number of hydrogen-bond acceptors (Lipinski definition) is 3. The van der Waals surface area contributed by atoms with Crippen LogP contribution >= 0.6 is 0 Å². The molecule has 1 aromatic carbocycles. The molecule has 124 valence electrons. The molecule has 2 aromatic heterocycles. The van der Waals surface area contributed by atoms with Crippen LogP contribution in [0.25, 0.3) is 5.69 Å². The normalized spacial score (nSPS) is 14.2. The van der Waals surface area contributed by atoms with Crippen LogP contribution in [0.3, 0.4) is 0 Å². The van der Waals surface area contributed by atoms with Crippen molar-refractivity contribution in [2.45, 2.75) is 39.0 Å². The second-order valence-electron chi connectivity index (χ2n) is 6.79. The first-order valence-electron chi connectivity index (χ1n) is 8.67. The van der Waals surface area contributed by atoms with E-state index in [0.29, 0.717) is 0 Å². The molecule has 0 atom stereocenters. The van der Waals surface area contributed by atoms with Crippen molar-refractivity contribution in [3.8, 4) is 5.69 Å². The summed E-state index contributed by atoms with van der Waals surface area (Å²) in [5.74, 6) is 3.88. The standard InChI is InChI=1S/C19H23N5/c1-14-3-7-16(8-4-14)24-19(10-9-18-20-11-12-23(18)2)21-17(22-24)13-15-5-6-15/h3-4,7-8,11-12,15H,5-6,9-10,13H2,1-2H3. The van der Waals surface area contributed by atoms with Crippen LogP contribution in [-0.2, 0) is 26.3 Å². The van der Waals surface area contributed by atoms with Gasteiger partial charge in [-0.1, -0.05) is 17.7 Å². The zero-order valence-electron chi connectivity index (χ0n) is 14.3. The van der Waals surface area contributed by atoms with Gasteiger partial charge >= 0.3 is 0 Å². The Morgan fingerprint density at radius 3 is 2.50 bits per heavy atom. The van der Waals surface area contributed by atoms with E-state index in [9.17, 15) is 0 Å². The lowest BCUT2D eigenvalue weighted by Crippen LogP contribution is -2.07. The third-order valence-corrected chi connectivity index (χ3v) is 4.66. The van der Waals surface area contributed by atoms with Gasteiger partial charge in [0, 0.05) is 38.7 Å². The van der Waals surface area contributed by atoms with Crippen LogP contribution in [0.15, 0.2) is 36.7 Å². The molecule has 4 rings (SSSR count). The summed E-state index contributed by atoms with van der Waals surface area (Å²) in [7, 11) is 2.03. The quantitative estimate of drug-likeness (QED) is 0.701. The fourth-order valence-electron chi connectivity index (χ4n) is 2.97. The van der Waals surface area contributed by atoms with Gasteiger partial charge in [0.2, 0.25) is 0 Å². The topological polar surface area (TPSA) is 48.5 Å². The summed E-state index contributed by atoms with van der Waals surface area (Å²) in [6.07, 6.45) is 9.20. The maximum atomic E-state index is 4.83. The summed E-state index contributed by atoms with van der Waals surface area (Å²) in [5, 5.41) is 4.79. The largest absolute Gasteiger partial charge is 0.338 e. The highest BCUT2D eigenvalue weighted by atomic mass is 15.4. The molecule has 0 bridgehead atoms. The Balaban J connectivity index is 1.61. The maximum absolute atomic E-state index is 4.83. The van der Waals surface area contributed by atoms with Crippen molar-refractivity contribution < 1.29 is 0 Å². The molecule has 5 nitrogen and oxygen atoms in total. The lowest BCUT2D eigenvalue weighted by atomic mass is 10.2. The monoisotopic (exact) mass is 321 g/mol. The summed E-state index contributed by atoms with van der Waals surface area (Å²) >= 11 is 0. The molecule has 0 spiro atoms. The number of benzene rings is 1. The summed E-state index contributed by atoms with van der Waals surface area (Å²) in [4.78, 5) is 9.25. The molecule has 3 aromatic rings. The van der Waals surface area contributed by atoms with Crippen molar-refractivity contribution in [2.75, 3.05) is 0 Å². The summed E-state index contributed by atoms with van der Waals surface area (Å²) < 4.78 is 4.08. The van der Waals surface area contributed by atoms with Gasteiger partial charge in [0.1, 0.15) is 11.6 Å². The van der Waals surface area contributed by atoms with Crippen LogP contribution in [0, 0.1) is 12.8 Å². The van der Waals surface area contributed by atoms with Gasteiger partial charge in [0.15, 0.2) is 5.82 Å². The Morgan fingerprint density at radius 1 is 1.08 bits per heavy atom. The Bertz CT molecular complexity index is 824. The number of hydrogen-bond donors (Lipinski definition) is 0. The fraction of sp³-hybridized carbons (Fsp3) is 0.421. The predicted molar refractivity (Wildman–Crippen MR) is 93.1 cm³/mol. The van der Waals surface area contributed by atoms with Gasteiger partial charge in [0.25, 0.3) is 0 Å². The lowest BCUT2D eigenvalue weighted by Gasteiger charge is -2.06. The summed E-state index contributed by atoms with van der Waals surface area (Å²) in [5.41, 5.74) is 2.34.